The molecule has 0 atom stereocenters. The van der Waals surface area contributed by atoms with Gasteiger partial charge in [0.2, 0.25) is 0 Å². The highest BCUT2D eigenvalue weighted by molar-refractivity contribution is 5.86. The number of rotatable bonds is 3. The van der Waals surface area contributed by atoms with E-state index in [9.17, 15) is 4.79 Å². The van der Waals surface area contributed by atoms with E-state index >= 15 is 0 Å². The highest BCUT2D eigenvalue weighted by Gasteiger charge is 1.97. The standard InChI is InChI=1S/C9H11NO2/c1-4-10-6-7(2)5-8(3)9(11)12/h5-6H,1H2,2-3H3,(H,11,12)/b7-6-,8-5+. The van der Waals surface area contributed by atoms with Gasteiger partial charge in [-0.05, 0) is 37.9 Å². The molecule has 12 heavy (non-hydrogen) atoms. The highest BCUT2D eigenvalue weighted by Crippen LogP contribution is 2.01. The summed E-state index contributed by atoms with van der Waals surface area (Å²) in [5.74, 6) is 1.40. The van der Waals surface area contributed by atoms with Gasteiger partial charge in [0.05, 0.1) is 0 Å². The molecule has 0 fully saturated rings. The monoisotopic (exact) mass is 165 g/mol. The first-order valence-electron chi connectivity index (χ1n) is 3.38. The van der Waals surface area contributed by atoms with Crippen molar-refractivity contribution in [2.45, 2.75) is 13.8 Å². The molecule has 0 saturated heterocycles. The van der Waals surface area contributed by atoms with Crippen molar-refractivity contribution in [1.82, 2.24) is 0 Å². The Hall–Kier alpha value is -1.60. The molecule has 0 aromatic heterocycles. The molecule has 0 rings (SSSR count). The van der Waals surface area contributed by atoms with E-state index in [1.807, 2.05) is 0 Å². The molecule has 0 amide bonds. The average Bonchev–Trinajstić information content (AvgIpc) is 2.00. The normalized spacial score (nSPS) is 12.2. The smallest absolute Gasteiger partial charge is 0.331 e. The fraction of sp³-hybridized carbons (Fsp3) is 0.222. The van der Waals surface area contributed by atoms with Crippen molar-refractivity contribution in [3.05, 3.63) is 30.0 Å². The van der Waals surface area contributed by atoms with Gasteiger partial charge in [-0.2, -0.15) is 0 Å². The van der Waals surface area contributed by atoms with Crippen molar-refractivity contribution in [1.29, 1.82) is 0 Å². The van der Waals surface area contributed by atoms with E-state index in [1.54, 1.807) is 6.92 Å². The van der Waals surface area contributed by atoms with E-state index in [0.29, 0.717) is 0 Å². The van der Waals surface area contributed by atoms with Gasteiger partial charge in [-0.15, -0.1) is 0 Å². The number of hydrogen-bond donors (Lipinski definition) is 1. The summed E-state index contributed by atoms with van der Waals surface area (Å²) in [5.41, 5.74) is 1.04. The maximum absolute atomic E-state index is 10.4. The maximum Gasteiger partial charge on any atom is 0.331 e. The van der Waals surface area contributed by atoms with Gasteiger partial charge < -0.3 is 5.11 Å². The third kappa shape index (κ3) is 4.25. The lowest BCUT2D eigenvalue weighted by Crippen LogP contribution is -1.95. The SMILES string of the molecule is C=C=N/C=C(C)\C=C(/C)C(=O)O. The third-order valence-electron chi connectivity index (χ3n) is 1.14. The van der Waals surface area contributed by atoms with Gasteiger partial charge >= 0.3 is 5.97 Å². The quantitative estimate of drug-likeness (QED) is 0.393. The lowest BCUT2D eigenvalue weighted by molar-refractivity contribution is -0.132. The van der Waals surface area contributed by atoms with Crippen LogP contribution < -0.4 is 0 Å². The van der Waals surface area contributed by atoms with Crippen LogP contribution in [-0.4, -0.2) is 16.9 Å². The summed E-state index contributed by atoms with van der Waals surface area (Å²) in [4.78, 5) is 14.0. The Kier molecular flexibility index (Phi) is 4.42. The third-order valence-corrected chi connectivity index (χ3v) is 1.14. The number of nitrogens with zero attached hydrogens (tertiary/aromatic N) is 1. The van der Waals surface area contributed by atoms with Crippen LogP contribution >= 0.6 is 0 Å². The topological polar surface area (TPSA) is 49.7 Å². The average molecular weight is 165 g/mol. The lowest BCUT2D eigenvalue weighted by Gasteiger charge is -1.91. The van der Waals surface area contributed by atoms with Crippen LogP contribution in [0.3, 0.4) is 0 Å². The molecule has 0 spiro atoms. The summed E-state index contributed by atoms with van der Waals surface area (Å²) in [6, 6.07) is 0. The fourth-order valence-electron chi connectivity index (χ4n) is 0.588. The molecule has 0 aliphatic rings. The Balaban J connectivity index is 4.53. The van der Waals surface area contributed by atoms with Crippen LogP contribution in [0.15, 0.2) is 35.0 Å². The molecule has 0 heterocycles. The second-order valence-electron chi connectivity index (χ2n) is 2.29. The molecule has 0 aromatic carbocycles. The predicted molar refractivity (Wildman–Crippen MR) is 48.2 cm³/mol. The molecule has 0 unspecified atom stereocenters. The van der Waals surface area contributed by atoms with E-state index < -0.39 is 5.97 Å². The first-order chi connectivity index (χ1) is 5.57. The lowest BCUT2D eigenvalue weighted by atomic mass is 10.2. The van der Waals surface area contributed by atoms with Crippen LogP contribution in [-0.2, 0) is 4.79 Å². The molecule has 3 heteroatoms. The molecule has 0 aromatic rings. The van der Waals surface area contributed by atoms with Crippen LogP contribution in [0.2, 0.25) is 0 Å². The Morgan fingerprint density at radius 2 is 2.17 bits per heavy atom. The Morgan fingerprint density at radius 3 is 2.58 bits per heavy atom. The number of carbonyl (C=O) groups is 1. The van der Waals surface area contributed by atoms with Gasteiger partial charge in [0.15, 0.2) is 0 Å². The first kappa shape index (κ1) is 10.4. The molecule has 0 aliphatic carbocycles. The Morgan fingerprint density at radius 1 is 1.58 bits per heavy atom. The zero-order valence-corrected chi connectivity index (χ0v) is 7.16. The second kappa shape index (κ2) is 5.10. The van der Waals surface area contributed by atoms with E-state index in [1.165, 1.54) is 19.2 Å². The number of allylic oxidation sites excluding steroid dienone is 2. The highest BCUT2D eigenvalue weighted by atomic mass is 16.4. The van der Waals surface area contributed by atoms with Gasteiger partial charge in [-0.3, -0.25) is 0 Å². The summed E-state index contributed by atoms with van der Waals surface area (Å²) in [7, 11) is 0. The van der Waals surface area contributed by atoms with Crippen molar-refractivity contribution in [2.24, 2.45) is 4.99 Å². The van der Waals surface area contributed by atoms with Gasteiger partial charge in [0, 0.05) is 11.8 Å². The summed E-state index contributed by atoms with van der Waals surface area (Å²) in [5, 5.41) is 8.50. The molecule has 1 N–H and O–H groups in total. The molecule has 0 aliphatic heterocycles. The van der Waals surface area contributed by atoms with E-state index in [-0.39, 0.29) is 5.57 Å². The van der Waals surface area contributed by atoms with E-state index in [2.05, 4.69) is 17.4 Å². The van der Waals surface area contributed by atoms with E-state index in [0.717, 1.165) is 5.57 Å². The van der Waals surface area contributed by atoms with Crippen LogP contribution in [0.4, 0.5) is 0 Å². The van der Waals surface area contributed by atoms with Crippen molar-refractivity contribution in [2.75, 3.05) is 0 Å². The number of carboxylic acid groups (broad SMARTS) is 1. The van der Waals surface area contributed by atoms with Crippen molar-refractivity contribution >= 4 is 11.8 Å². The Labute approximate surface area is 71.4 Å². The minimum atomic E-state index is -0.926. The van der Waals surface area contributed by atoms with Crippen LogP contribution in [0.5, 0.6) is 0 Å². The van der Waals surface area contributed by atoms with Gasteiger partial charge in [0.1, 0.15) is 0 Å². The van der Waals surface area contributed by atoms with Crippen LogP contribution in [0.1, 0.15) is 13.8 Å². The van der Waals surface area contributed by atoms with Crippen molar-refractivity contribution < 1.29 is 9.90 Å². The number of carboxylic acids is 1. The summed E-state index contributed by atoms with van der Waals surface area (Å²) in [6.45, 7) is 6.56. The zero-order chi connectivity index (χ0) is 9.56. The minimum absolute atomic E-state index is 0.281. The fourth-order valence-corrected chi connectivity index (χ4v) is 0.588. The number of aliphatic imine (C=N–C) groups is 1. The van der Waals surface area contributed by atoms with E-state index in [4.69, 9.17) is 5.11 Å². The van der Waals surface area contributed by atoms with Crippen LogP contribution in [0.25, 0.3) is 0 Å². The van der Waals surface area contributed by atoms with Crippen LogP contribution in [0, 0.1) is 0 Å². The molecule has 64 valence electrons. The van der Waals surface area contributed by atoms with Crippen molar-refractivity contribution in [3.63, 3.8) is 0 Å². The van der Waals surface area contributed by atoms with Gasteiger partial charge in [-0.1, -0.05) is 0 Å². The molecular weight excluding hydrogens is 154 g/mol. The maximum atomic E-state index is 10.4. The Bertz CT molecular complexity index is 281. The molecule has 0 bridgehead atoms. The predicted octanol–water partition coefficient (Wildman–Crippen LogP) is 1.78. The molecule has 0 radical (unpaired) electrons. The number of hydrogen-bond acceptors (Lipinski definition) is 2. The summed E-state index contributed by atoms with van der Waals surface area (Å²) < 4.78 is 0. The summed E-state index contributed by atoms with van der Waals surface area (Å²) >= 11 is 0. The van der Waals surface area contributed by atoms with Gasteiger partial charge in [-0.25, -0.2) is 9.79 Å². The molecule has 3 nitrogen and oxygen atoms in total. The molecule has 0 saturated carbocycles. The largest absolute Gasteiger partial charge is 0.478 e. The van der Waals surface area contributed by atoms with Gasteiger partial charge in [0.25, 0.3) is 0 Å². The number of aliphatic carboxylic acids is 1. The minimum Gasteiger partial charge on any atom is -0.478 e. The second-order valence-corrected chi connectivity index (χ2v) is 2.29. The van der Waals surface area contributed by atoms with Crippen molar-refractivity contribution in [3.8, 4) is 0 Å². The zero-order valence-electron chi connectivity index (χ0n) is 7.16. The molecular formula is C9H11NO2. The first-order valence-corrected chi connectivity index (χ1v) is 3.38. The summed E-state index contributed by atoms with van der Waals surface area (Å²) in [6.07, 6.45) is 3.03.